The fraction of sp³-hybridized carbons (Fsp3) is 0.381. The Hall–Kier alpha value is -1.92. The molecule has 0 spiro atoms. The highest BCUT2D eigenvalue weighted by Crippen LogP contribution is 2.30. The van der Waals surface area contributed by atoms with Crippen molar-refractivity contribution >= 4 is 17.6 Å². The topological polar surface area (TPSA) is 53.0 Å². The summed E-state index contributed by atoms with van der Waals surface area (Å²) in [6.07, 6.45) is 0. The molecule has 0 bridgehead atoms. The number of halogens is 1. The van der Waals surface area contributed by atoms with E-state index in [0.717, 1.165) is 6.07 Å². The number of aliphatic carboxylic acids is 1. The Bertz CT molecular complexity index is 1590. The van der Waals surface area contributed by atoms with Crippen molar-refractivity contribution in [3.05, 3.63) is 70.6 Å². The van der Waals surface area contributed by atoms with Crippen molar-refractivity contribution in [3.63, 3.8) is 0 Å². The number of hydrogen-bond acceptors (Lipinski definition) is 5. The fourth-order valence-electron chi connectivity index (χ4n) is 1.85. The molecule has 1 N–H and O–H groups in total. The van der Waals surface area contributed by atoms with E-state index in [1.165, 1.54) is 0 Å². The van der Waals surface area contributed by atoms with Gasteiger partial charge < -0.3 is 9.85 Å². The van der Waals surface area contributed by atoms with Crippen molar-refractivity contribution in [2.75, 3.05) is 45.6 Å². The first-order chi connectivity index (χ1) is 21.7. The van der Waals surface area contributed by atoms with Crippen LogP contribution < -0.4 is 0 Å². The lowest BCUT2D eigenvalue weighted by Crippen LogP contribution is -2.48. The SMILES string of the molecule is [2H]OC(=O)C([2H])([2H])OC([2H])([2H])C([2H])([2H])N1C([2H])([2H])C([2H])([2H])N(C([2H])(c2cc([2H])cc([2H])c2)c2c([2H])c([2H])c(Cl)c([2H])c2[2H])C([2H])([2H])C1([2H])[2H]. The van der Waals surface area contributed by atoms with Gasteiger partial charge in [0.15, 0.2) is 0 Å². The van der Waals surface area contributed by atoms with Gasteiger partial charge in [0.1, 0.15) is 6.56 Å². The first-order valence-electron chi connectivity index (χ1n) is 18.0. The molecular weight excluding hydrogens is 364 g/mol. The Labute approximate surface area is 196 Å². The molecule has 1 atom stereocenters. The lowest BCUT2D eigenvalue weighted by molar-refractivity contribution is -0.142. The second kappa shape index (κ2) is 9.85. The zero-order valence-electron chi connectivity index (χ0n) is 35.2. The van der Waals surface area contributed by atoms with E-state index in [9.17, 15) is 6.17 Å². The number of nitrogens with zero attached hydrogens (tertiary/aromatic N) is 2. The Morgan fingerprint density at radius 3 is 2.67 bits per heavy atom. The van der Waals surface area contributed by atoms with Gasteiger partial charge in [0.05, 0.1) is 27.7 Å². The van der Waals surface area contributed by atoms with Gasteiger partial charge in [-0.2, -0.15) is 0 Å². The smallest absolute Gasteiger partial charge is 0.329 e. The molecule has 144 valence electrons. The lowest BCUT2D eigenvalue weighted by Gasteiger charge is -2.39. The van der Waals surface area contributed by atoms with Crippen molar-refractivity contribution < 1.29 is 43.4 Å². The van der Waals surface area contributed by atoms with Gasteiger partial charge in [-0.1, -0.05) is 54.0 Å². The van der Waals surface area contributed by atoms with Gasteiger partial charge >= 0.3 is 5.97 Å². The number of benzene rings is 2. The summed E-state index contributed by atoms with van der Waals surface area (Å²) in [5, 5.41) is 2.57. The average molecular weight is 411 g/mol. The predicted molar refractivity (Wildman–Crippen MR) is 106 cm³/mol. The van der Waals surface area contributed by atoms with Gasteiger partial charge in [0, 0.05) is 51.2 Å². The molecule has 1 aliphatic heterocycles. The molecular formula is C21H25ClN2O3. The van der Waals surface area contributed by atoms with E-state index in [1.54, 1.807) is 0 Å². The molecule has 1 aliphatic rings. The highest BCUT2D eigenvalue weighted by atomic mass is 35.5. The highest BCUT2D eigenvalue weighted by molar-refractivity contribution is 6.30. The number of carboxylic acids is 1. The van der Waals surface area contributed by atoms with E-state index >= 15 is 0 Å². The van der Waals surface area contributed by atoms with Crippen molar-refractivity contribution in [2.45, 2.75) is 6.02 Å². The number of ether oxygens (including phenoxy) is 1. The summed E-state index contributed by atoms with van der Waals surface area (Å²) in [7, 11) is 0. The van der Waals surface area contributed by atoms with Crippen molar-refractivity contribution in [1.29, 1.82) is 1.43 Å². The van der Waals surface area contributed by atoms with Gasteiger partial charge in [-0.05, 0) is 23.2 Å². The monoisotopic (exact) mass is 410 g/mol. The summed E-state index contributed by atoms with van der Waals surface area (Å²) in [6.45, 7) is -30.4. The number of piperazine rings is 1. The van der Waals surface area contributed by atoms with Gasteiger partial charge in [-0.3, -0.25) is 9.80 Å². The van der Waals surface area contributed by atoms with Crippen LogP contribution in [-0.2, 0) is 9.53 Å². The number of carbonyl (C=O) groups is 1. The summed E-state index contributed by atoms with van der Waals surface area (Å²) in [4.78, 5) is 10.2. The molecule has 0 amide bonds. The van der Waals surface area contributed by atoms with Crippen LogP contribution in [0.1, 0.15) is 45.9 Å². The number of carboxylic acid groups (broad SMARTS) is 1. The summed E-state index contributed by atoms with van der Waals surface area (Å²) < 4.78 is 188. The quantitative estimate of drug-likeness (QED) is 0.724. The van der Waals surface area contributed by atoms with Crippen molar-refractivity contribution in [3.8, 4) is 0 Å². The molecule has 1 saturated heterocycles. The van der Waals surface area contributed by atoms with Crippen LogP contribution in [0.25, 0.3) is 1.43 Å². The second-order valence-electron chi connectivity index (χ2n) is 4.58. The summed E-state index contributed by atoms with van der Waals surface area (Å²) in [5.74, 6) is -2.25. The van der Waals surface area contributed by atoms with E-state index in [1.807, 2.05) is 0 Å². The Balaban J connectivity index is 2.53. The fourth-order valence-corrected chi connectivity index (χ4v) is 1.94. The third-order valence-electron chi connectivity index (χ3n) is 2.86. The first-order valence-corrected chi connectivity index (χ1v) is 7.46. The maximum atomic E-state index is 11.7. The van der Waals surface area contributed by atoms with Gasteiger partial charge in [-0.15, -0.1) is 0 Å². The Morgan fingerprint density at radius 1 is 1.30 bits per heavy atom. The largest absolute Gasteiger partial charge is 0.480 e. The zero-order chi connectivity index (χ0) is 38.5. The van der Waals surface area contributed by atoms with Gasteiger partial charge in [-0.25, -0.2) is 4.79 Å². The highest BCUT2D eigenvalue weighted by Gasteiger charge is 2.26. The molecule has 2 aromatic rings. The van der Waals surface area contributed by atoms with Crippen LogP contribution in [0.2, 0.25) is 5.02 Å². The third-order valence-corrected chi connectivity index (χ3v) is 3.05. The number of hydrogen-bond donors (Lipinski definition) is 1. The van der Waals surface area contributed by atoms with Crippen LogP contribution >= 0.6 is 11.6 Å². The van der Waals surface area contributed by atoms with Crippen LogP contribution in [-0.4, -0.2) is 66.5 Å². The van der Waals surface area contributed by atoms with E-state index in [4.69, 9.17) is 40.4 Å². The molecule has 2 aromatic carbocycles. The van der Waals surface area contributed by atoms with Crippen LogP contribution in [0.5, 0.6) is 0 Å². The minimum atomic E-state index is -4.51. The zero-order valence-corrected chi connectivity index (χ0v) is 14.0. The average Bonchev–Trinajstić information content (AvgIpc) is 2.91. The van der Waals surface area contributed by atoms with E-state index in [-0.39, 0.29) is 0 Å². The van der Waals surface area contributed by atoms with E-state index in [2.05, 4.69) is 9.85 Å². The van der Waals surface area contributed by atoms with Gasteiger partial charge in [0.2, 0.25) is 0 Å². The minimum Gasteiger partial charge on any atom is -0.480 e. The first kappa shape index (κ1) is 6.04. The van der Waals surface area contributed by atoms with Crippen LogP contribution in [0.3, 0.4) is 0 Å². The molecule has 3 rings (SSSR count). The molecule has 27 heavy (non-hydrogen) atoms. The van der Waals surface area contributed by atoms with Crippen LogP contribution in [0, 0.1) is 0 Å². The molecule has 1 heterocycles. The standard InChI is InChI=1S/C21H25ClN2O3/c22-19-8-6-18(7-9-19)21(17-4-2-1-3-5-17)24-12-10-23(11-13-24)14-15-27-16-20(25)26/h1-9,21H,10-16H2,(H,25,26)/i2D,3D,6D,7D,8D,9D,10D2,11D2,12D2,13D2,14D2,15D2,16D2,21D/hD. The molecule has 0 aromatic heterocycles. The van der Waals surface area contributed by atoms with Gasteiger partial charge in [0.25, 0.3) is 1.43 Å². The molecule has 6 heteroatoms. The summed E-state index contributed by atoms with van der Waals surface area (Å²) in [5.41, 5.74) is -2.15. The molecule has 1 fully saturated rings. The molecule has 1 unspecified atom stereocenters. The molecule has 0 radical (unpaired) electrons. The number of rotatable bonds is 8. The minimum absolute atomic E-state index is 0.543. The molecule has 5 nitrogen and oxygen atoms in total. The third kappa shape index (κ3) is 5.78. The van der Waals surface area contributed by atoms with E-state index in [0.29, 0.717) is 12.1 Å². The summed E-state index contributed by atoms with van der Waals surface area (Å²) in [6, 6.07) is -7.24. The normalized spacial score (nSPS) is 38.9. The maximum absolute atomic E-state index is 11.7. The summed E-state index contributed by atoms with van der Waals surface area (Å²) >= 11 is 5.90. The predicted octanol–water partition coefficient (Wildman–Crippen LogP) is 3.15. The van der Waals surface area contributed by atoms with Crippen molar-refractivity contribution in [2.24, 2.45) is 0 Å². The Morgan fingerprint density at radius 2 is 2.00 bits per heavy atom. The maximum Gasteiger partial charge on any atom is 0.329 e. The van der Waals surface area contributed by atoms with Crippen molar-refractivity contribution in [1.82, 2.24) is 9.80 Å². The molecule has 0 aliphatic carbocycles. The second-order valence-corrected chi connectivity index (χ2v) is 4.96. The van der Waals surface area contributed by atoms with E-state index < -0.39 is 120 Å². The van der Waals surface area contributed by atoms with Crippen LogP contribution in [0.4, 0.5) is 0 Å². The lowest BCUT2D eigenvalue weighted by atomic mass is 9.96. The molecule has 0 saturated carbocycles. The van der Waals surface area contributed by atoms with Crippen LogP contribution in [0.15, 0.2) is 54.5 Å². The Kier molecular flexibility index (Phi) is 2.20.